The lowest BCUT2D eigenvalue weighted by Gasteiger charge is -2.33. The Hall–Kier alpha value is -2.24. The van der Waals surface area contributed by atoms with Gasteiger partial charge in [-0.3, -0.25) is 4.90 Å². The van der Waals surface area contributed by atoms with Crippen LogP contribution in [0.4, 0.5) is 21.0 Å². The van der Waals surface area contributed by atoms with Gasteiger partial charge < -0.3 is 15.3 Å². The van der Waals surface area contributed by atoms with E-state index in [1.807, 2.05) is 20.8 Å². The first-order valence-corrected chi connectivity index (χ1v) is 6.24. The van der Waals surface area contributed by atoms with E-state index in [9.17, 15) is 14.7 Å². The Labute approximate surface area is 119 Å². The second-order valence-electron chi connectivity index (χ2n) is 5.66. The molecule has 0 saturated carbocycles. The summed E-state index contributed by atoms with van der Waals surface area (Å²) in [7, 11) is 3.27. The zero-order valence-electron chi connectivity index (χ0n) is 12.5. The van der Waals surface area contributed by atoms with Gasteiger partial charge in [-0.2, -0.15) is 0 Å². The van der Waals surface area contributed by atoms with Gasteiger partial charge in [-0.05, 0) is 39.0 Å². The molecular weight excluding hydrogens is 258 g/mol. The van der Waals surface area contributed by atoms with Crippen molar-refractivity contribution in [1.82, 2.24) is 4.90 Å². The number of rotatable bonds is 2. The third-order valence-electron chi connectivity index (χ3n) is 2.62. The highest BCUT2D eigenvalue weighted by Crippen LogP contribution is 2.26. The van der Waals surface area contributed by atoms with E-state index in [0.717, 1.165) is 0 Å². The van der Waals surface area contributed by atoms with Crippen LogP contribution in [0.25, 0.3) is 0 Å². The molecule has 0 aliphatic carbocycles. The van der Waals surface area contributed by atoms with Crippen molar-refractivity contribution < 1.29 is 14.7 Å². The maximum atomic E-state index is 11.6. The Morgan fingerprint density at radius 3 is 2.25 bits per heavy atom. The number of nitrogens with zero attached hydrogens (tertiary/aromatic N) is 2. The molecule has 0 aromatic heterocycles. The second kappa shape index (κ2) is 5.81. The first-order chi connectivity index (χ1) is 9.12. The van der Waals surface area contributed by atoms with Crippen molar-refractivity contribution in [2.24, 2.45) is 0 Å². The summed E-state index contributed by atoms with van der Waals surface area (Å²) in [4.78, 5) is 25.7. The Balaban J connectivity index is 3.08. The van der Waals surface area contributed by atoms with Crippen molar-refractivity contribution in [1.29, 1.82) is 0 Å². The molecule has 0 spiro atoms. The van der Waals surface area contributed by atoms with E-state index in [2.05, 4.69) is 5.32 Å². The average molecular weight is 279 g/mol. The molecule has 0 fully saturated rings. The topological polar surface area (TPSA) is 72.9 Å². The van der Waals surface area contributed by atoms with Gasteiger partial charge in [-0.15, -0.1) is 0 Å². The summed E-state index contributed by atoms with van der Waals surface area (Å²) in [6.45, 7) is 5.44. The van der Waals surface area contributed by atoms with Gasteiger partial charge in [0.1, 0.15) is 0 Å². The van der Waals surface area contributed by atoms with Crippen molar-refractivity contribution >= 4 is 23.5 Å². The summed E-state index contributed by atoms with van der Waals surface area (Å²) in [5, 5.41) is 12.0. The van der Waals surface area contributed by atoms with E-state index in [1.54, 1.807) is 38.4 Å². The smallest absolute Gasteiger partial charge is 0.412 e. The van der Waals surface area contributed by atoms with Gasteiger partial charge in [-0.25, -0.2) is 9.59 Å². The summed E-state index contributed by atoms with van der Waals surface area (Å²) in [5.41, 5.74) is 0.494. The number of hydrogen-bond donors (Lipinski definition) is 2. The van der Waals surface area contributed by atoms with Crippen molar-refractivity contribution in [2.75, 3.05) is 24.3 Å². The van der Waals surface area contributed by atoms with Crippen molar-refractivity contribution in [2.45, 2.75) is 26.3 Å². The molecule has 0 atom stereocenters. The zero-order chi connectivity index (χ0) is 15.5. The van der Waals surface area contributed by atoms with Gasteiger partial charge in [0.25, 0.3) is 0 Å². The molecule has 0 heterocycles. The molecule has 0 radical (unpaired) electrons. The molecule has 3 amide bonds. The van der Waals surface area contributed by atoms with Gasteiger partial charge in [0.05, 0.1) is 0 Å². The fourth-order valence-corrected chi connectivity index (χ4v) is 1.74. The van der Waals surface area contributed by atoms with E-state index in [-0.39, 0.29) is 6.03 Å². The fourth-order valence-electron chi connectivity index (χ4n) is 1.74. The van der Waals surface area contributed by atoms with Crippen molar-refractivity contribution in [3.8, 4) is 0 Å². The third kappa shape index (κ3) is 3.88. The number of urea groups is 1. The van der Waals surface area contributed by atoms with Crippen LogP contribution in [-0.2, 0) is 0 Å². The predicted molar refractivity (Wildman–Crippen MR) is 79.4 cm³/mol. The summed E-state index contributed by atoms with van der Waals surface area (Å²) < 4.78 is 0. The van der Waals surface area contributed by atoms with Gasteiger partial charge >= 0.3 is 12.1 Å². The molecule has 0 aliphatic rings. The molecule has 6 nitrogen and oxygen atoms in total. The fraction of sp³-hybridized carbons (Fsp3) is 0.429. The van der Waals surface area contributed by atoms with Crippen LogP contribution in [0.3, 0.4) is 0 Å². The highest BCUT2D eigenvalue weighted by molar-refractivity contribution is 5.92. The number of benzene rings is 1. The maximum Gasteiger partial charge on any atom is 0.412 e. The molecule has 0 bridgehead atoms. The quantitative estimate of drug-likeness (QED) is 0.873. The molecule has 0 aliphatic heterocycles. The standard InChI is InChI=1S/C14H21N3O3/c1-14(2,3)17(13(19)20)11-8-6-7-10(9-11)15-12(18)16(4)5/h6-9H,1-5H3,(H,15,18)(H,19,20). The summed E-state index contributed by atoms with van der Waals surface area (Å²) in [6.07, 6.45) is -1.03. The van der Waals surface area contributed by atoms with Crippen LogP contribution in [0.5, 0.6) is 0 Å². The minimum Gasteiger partial charge on any atom is -0.465 e. The zero-order valence-corrected chi connectivity index (χ0v) is 12.5. The van der Waals surface area contributed by atoms with Gasteiger partial charge in [-0.1, -0.05) is 6.07 Å². The molecule has 1 aromatic rings. The number of amides is 3. The van der Waals surface area contributed by atoms with E-state index in [0.29, 0.717) is 11.4 Å². The van der Waals surface area contributed by atoms with Crippen LogP contribution in [0.1, 0.15) is 20.8 Å². The molecule has 0 saturated heterocycles. The number of anilines is 2. The second-order valence-corrected chi connectivity index (χ2v) is 5.66. The lowest BCUT2D eigenvalue weighted by molar-refractivity contribution is 0.195. The first-order valence-electron chi connectivity index (χ1n) is 6.24. The van der Waals surface area contributed by atoms with Crippen LogP contribution in [0.15, 0.2) is 24.3 Å². The number of carbonyl (C=O) groups is 2. The lowest BCUT2D eigenvalue weighted by Crippen LogP contribution is -2.45. The van der Waals surface area contributed by atoms with E-state index < -0.39 is 11.6 Å². The summed E-state index contributed by atoms with van der Waals surface area (Å²) in [6, 6.07) is 6.50. The highest BCUT2D eigenvalue weighted by atomic mass is 16.4. The van der Waals surface area contributed by atoms with E-state index in [4.69, 9.17) is 0 Å². The van der Waals surface area contributed by atoms with Gasteiger partial charge in [0, 0.05) is 31.0 Å². The average Bonchev–Trinajstić information content (AvgIpc) is 2.26. The lowest BCUT2D eigenvalue weighted by atomic mass is 10.1. The molecule has 1 aromatic carbocycles. The number of nitrogens with one attached hydrogen (secondary N) is 1. The monoisotopic (exact) mass is 279 g/mol. The molecular formula is C14H21N3O3. The van der Waals surface area contributed by atoms with Crippen LogP contribution in [-0.4, -0.2) is 41.8 Å². The predicted octanol–water partition coefficient (Wildman–Crippen LogP) is 3.06. The van der Waals surface area contributed by atoms with E-state index >= 15 is 0 Å². The largest absolute Gasteiger partial charge is 0.465 e. The third-order valence-corrected chi connectivity index (χ3v) is 2.62. The Bertz CT molecular complexity index is 507. The van der Waals surface area contributed by atoms with Crippen molar-refractivity contribution in [3.63, 3.8) is 0 Å². The highest BCUT2D eigenvalue weighted by Gasteiger charge is 2.27. The molecule has 1 rings (SSSR count). The number of carboxylic acid groups (broad SMARTS) is 1. The first kappa shape index (κ1) is 15.8. The molecule has 20 heavy (non-hydrogen) atoms. The van der Waals surface area contributed by atoms with Gasteiger partial charge in [0.2, 0.25) is 0 Å². The SMILES string of the molecule is CN(C)C(=O)Nc1cccc(N(C(=O)O)C(C)(C)C)c1. The van der Waals surface area contributed by atoms with Crippen LogP contribution >= 0.6 is 0 Å². The summed E-state index contributed by atoms with van der Waals surface area (Å²) in [5.74, 6) is 0. The molecule has 0 unspecified atom stereocenters. The van der Waals surface area contributed by atoms with Crippen LogP contribution in [0.2, 0.25) is 0 Å². The Kier molecular flexibility index (Phi) is 4.60. The van der Waals surface area contributed by atoms with Gasteiger partial charge in [0.15, 0.2) is 0 Å². The Morgan fingerprint density at radius 2 is 1.80 bits per heavy atom. The van der Waals surface area contributed by atoms with E-state index in [1.165, 1.54) is 9.80 Å². The molecule has 2 N–H and O–H groups in total. The Morgan fingerprint density at radius 1 is 1.20 bits per heavy atom. The minimum absolute atomic E-state index is 0.264. The number of hydrogen-bond acceptors (Lipinski definition) is 2. The molecule has 6 heteroatoms. The molecule has 110 valence electrons. The summed E-state index contributed by atoms with van der Waals surface area (Å²) >= 11 is 0. The normalized spacial score (nSPS) is 10.8. The van der Waals surface area contributed by atoms with Crippen molar-refractivity contribution in [3.05, 3.63) is 24.3 Å². The van der Waals surface area contributed by atoms with Crippen LogP contribution in [0, 0.1) is 0 Å². The van der Waals surface area contributed by atoms with Crippen LogP contribution < -0.4 is 10.2 Å². The number of carbonyl (C=O) groups excluding carboxylic acids is 1. The maximum absolute atomic E-state index is 11.6. The minimum atomic E-state index is -1.03.